The summed E-state index contributed by atoms with van der Waals surface area (Å²) in [5, 5.41) is 3.61. The lowest BCUT2D eigenvalue weighted by atomic mass is 10.0. The van der Waals surface area contributed by atoms with Crippen LogP contribution in [0.3, 0.4) is 0 Å². The largest absolute Gasteiger partial charge is 0.284 e. The zero-order valence-electron chi connectivity index (χ0n) is 10.1. The number of rotatable bonds is 2. The summed E-state index contributed by atoms with van der Waals surface area (Å²) in [4.78, 5) is 4.81. The highest BCUT2D eigenvalue weighted by Crippen LogP contribution is 2.19. The predicted octanol–water partition coefficient (Wildman–Crippen LogP) is 2.99. The zero-order chi connectivity index (χ0) is 11.4. The Bertz CT molecular complexity index is 361. The Hall–Kier alpha value is -1.15. The first-order chi connectivity index (χ1) is 7.85. The van der Waals surface area contributed by atoms with Crippen molar-refractivity contribution in [3.8, 4) is 0 Å². The van der Waals surface area contributed by atoms with Crippen LogP contribution in [0.4, 0.5) is 0 Å². The minimum atomic E-state index is 0.218. The second kappa shape index (κ2) is 5.26. The van der Waals surface area contributed by atoms with Crippen LogP contribution in [0, 0.1) is 0 Å². The summed E-state index contributed by atoms with van der Waals surface area (Å²) in [5.74, 6) is 0. The SMILES string of the molecule is C/C=C(\CC)C1N=C2C/C=C\C=C/CC2N1. The van der Waals surface area contributed by atoms with E-state index in [0.717, 1.165) is 19.3 Å². The summed E-state index contributed by atoms with van der Waals surface area (Å²) in [7, 11) is 0. The third kappa shape index (κ3) is 2.33. The molecule has 0 saturated carbocycles. The van der Waals surface area contributed by atoms with Gasteiger partial charge >= 0.3 is 0 Å². The summed E-state index contributed by atoms with van der Waals surface area (Å²) in [6, 6.07) is 0.438. The molecule has 2 aliphatic rings. The maximum absolute atomic E-state index is 4.81. The molecule has 0 radical (unpaired) electrons. The monoisotopic (exact) mass is 216 g/mol. The van der Waals surface area contributed by atoms with E-state index in [1.54, 1.807) is 0 Å². The van der Waals surface area contributed by atoms with Gasteiger partial charge in [-0.2, -0.15) is 0 Å². The van der Waals surface area contributed by atoms with Crippen LogP contribution in [0.1, 0.15) is 33.1 Å². The van der Waals surface area contributed by atoms with Gasteiger partial charge in [0, 0.05) is 12.1 Å². The van der Waals surface area contributed by atoms with Crippen molar-refractivity contribution in [2.75, 3.05) is 0 Å². The van der Waals surface area contributed by atoms with Crippen LogP contribution in [0.2, 0.25) is 0 Å². The average Bonchev–Trinajstić information content (AvgIpc) is 2.63. The Morgan fingerprint density at radius 2 is 2.31 bits per heavy atom. The van der Waals surface area contributed by atoms with E-state index in [2.05, 4.69) is 49.5 Å². The fourth-order valence-corrected chi connectivity index (χ4v) is 2.28. The molecule has 0 bridgehead atoms. The van der Waals surface area contributed by atoms with Crippen LogP contribution in [0.25, 0.3) is 0 Å². The van der Waals surface area contributed by atoms with Crippen molar-refractivity contribution >= 4 is 5.71 Å². The first-order valence-corrected chi connectivity index (χ1v) is 6.14. The molecule has 2 rings (SSSR count). The molecule has 1 aliphatic heterocycles. The van der Waals surface area contributed by atoms with Crippen molar-refractivity contribution < 1.29 is 0 Å². The molecule has 2 nitrogen and oxygen atoms in total. The number of nitrogens with zero attached hydrogens (tertiary/aromatic N) is 1. The van der Waals surface area contributed by atoms with Crippen molar-refractivity contribution in [1.82, 2.24) is 5.32 Å². The van der Waals surface area contributed by atoms with Crippen LogP contribution < -0.4 is 5.32 Å². The van der Waals surface area contributed by atoms with Gasteiger partial charge in [0.1, 0.15) is 6.17 Å². The van der Waals surface area contributed by atoms with Crippen LogP contribution in [0.15, 0.2) is 40.9 Å². The first-order valence-electron chi connectivity index (χ1n) is 6.14. The lowest BCUT2D eigenvalue weighted by Gasteiger charge is -2.15. The Morgan fingerprint density at radius 1 is 1.50 bits per heavy atom. The highest BCUT2D eigenvalue weighted by molar-refractivity contribution is 5.93. The molecule has 0 aromatic heterocycles. The van der Waals surface area contributed by atoms with Gasteiger partial charge in [-0.25, -0.2) is 0 Å². The summed E-state index contributed by atoms with van der Waals surface area (Å²) >= 11 is 0. The van der Waals surface area contributed by atoms with E-state index in [1.165, 1.54) is 11.3 Å². The molecular formula is C14H20N2. The van der Waals surface area contributed by atoms with Gasteiger partial charge in [0.2, 0.25) is 0 Å². The molecule has 1 heterocycles. The van der Waals surface area contributed by atoms with E-state index in [0.29, 0.717) is 6.04 Å². The van der Waals surface area contributed by atoms with E-state index in [1.807, 2.05) is 0 Å². The number of aliphatic imine (C=N–C) groups is 1. The van der Waals surface area contributed by atoms with Crippen LogP contribution in [-0.4, -0.2) is 17.9 Å². The minimum absolute atomic E-state index is 0.218. The molecule has 2 heteroatoms. The quantitative estimate of drug-likeness (QED) is 0.705. The molecule has 16 heavy (non-hydrogen) atoms. The third-order valence-electron chi connectivity index (χ3n) is 3.27. The van der Waals surface area contributed by atoms with Gasteiger partial charge in [-0.05, 0) is 25.3 Å². The lowest BCUT2D eigenvalue weighted by Crippen LogP contribution is -2.35. The highest BCUT2D eigenvalue weighted by atomic mass is 15.2. The first kappa shape index (κ1) is 11.3. The van der Waals surface area contributed by atoms with E-state index >= 15 is 0 Å². The molecule has 2 atom stereocenters. The van der Waals surface area contributed by atoms with Gasteiger partial charge in [-0.3, -0.25) is 10.3 Å². The number of fused-ring (bicyclic) bond motifs is 1. The molecule has 0 fully saturated rings. The fourth-order valence-electron chi connectivity index (χ4n) is 2.28. The van der Waals surface area contributed by atoms with E-state index in [4.69, 9.17) is 4.99 Å². The van der Waals surface area contributed by atoms with E-state index < -0.39 is 0 Å². The van der Waals surface area contributed by atoms with Gasteiger partial charge in [0.15, 0.2) is 0 Å². The smallest absolute Gasteiger partial charge is 0.122 e. The lowest BCUT2D eigenvalue weighted by molar-refractivity contribution is 0.579. The van der Waals surface area contributed by atoms with Gasteiger partial charge < -0.3 is 0 Å². The molecule has 0 aromatic rings. The summed E-state index contributed by atoms with van der Waals surface area (Å²) < 4.78 is 0. The number of nitrogens with one attached hydrogen (secondary N) is 1. The third-order valence-corrected chi connectivity index (χ3v) is 3.27. The maximum Gasteiger partial charge on any atom is 0.122 e. The Labute approximate surface area is 97.8 Å². The van der Waals surface area contributed by atoms with E-state index in [-0.39, 0.29) is 6.17 Å². The Morgan fingerprint density at radius 3 is 3.06 bits per heavy atom. The number of hydrogen-bond acceptors (Lipinski definition) is 2. The molecule has 0 saturated heterocycles. The number of hydrogen-bond donors (Lipinski definition) is 1. The summed E-state index contributed by atoms with van der Waals surface area (Å²) in [6.07, 6.45) is 14.2. The summed E-state index contributed by atoms with van der Waals surface area (Å²) in [6.45, 7) is 4.29. The van der Waals surface area contributed by atoms with Crippen molar-refractivity contribution in [2.45, 2.75) is 45.3 Å². The molecule has 2 unspecified atom stereocenters. The van der Waals surface area contributed by atoms with Crippen LogP contribution in [0.5, 0.6) is 0 Å². The number of allylic oxidation sites excluding steroid dienone is 4. The van der Waals surface area contributed by atoms with Gasteiger partial charge in [-0.15, -0.1) is 0 Å². The molecular weight excluding hydrogens is 196 g/mol. The predicted molar refractivity (Wildman–Crippen MR) is 69.7 cm³/mol. The van der Waals surface area contributed by atoms with Crippen LogP contribution >= 0.6 is 0 Å². The minimum Gasteiger partial charge on any atom is -0.284 e. The Balaban J connectivity index is 2.14. The molecule has 0 amide bonds. The molecule has 0 aromatic carbocycles. The summed E-state index contributed by atoms with van der Waals surface area (Å²) in [5.41, 5.74) is 2.70. The molecule has 1 N–H and O–H groups in total. The van der Waals surface area contributed by atoms with Crippen molar-refractivity contribution in [3.05, 3.63) is 36.0 Å². The van der Waals surface area contributed by atoms with Gasteiger partial charge in [0.25, 0.3) is 0 Å². The average molecular weight is 216 g/mol. The molecule has 86 valence electrons. The van der Waals surface area contributed by atoms with Crippen LogP contribution in [-0.2, 0) is 0 Å². The second-order valence-electron chi connectivity index (χ2n) is 4.26. The van der Waals surface area contributed by atoms with Gasteiger partial charge in [0.05, 0.1) is 6.04 Å². The normalized spacial score (nSPS) is 33.6. The molecule has 1 aliphatic carbocycles. The van der Waals surface area contributed by atoms with E-state index in [9.17, 15) is 0 Å². The standard InChI is InChI=1S/C14H20N2/c1-3-11(4-2)14-15-12-9-7-5-6-8-10-13(12)16-14/h3,5-8,12,14-15H,4,9-10H2,1-2H3/b7-5-,8-6-,11-3+. The fraction of sp³-hybridized carbons (Fsp3) is 0.500. The maximum atomic E-state index is 4.81. The van der Waals surface area contributed by atoms with Crippen molar-refractivity contribution in [3.63, 3.8) is 0 Å². The second-order valence-corrected chi connectivity index (χ2v) is 4.26. The highest BCUT2D eigenvalue weighted by Gasteiger charge is 2.26. The topological polar surface area (TPSA) is 24.4 Å². The Kier molecular flexibility index (Phi) is 3.73. The molecule has 0 spiro atoms. The zero-order valence-corrected chi connectivity index (χ0v) is 10.1. The van der Waals surface area contributed by atoms with Crippen molar-refractivity contribution in [1.29, 1.82) is 0 Å². The van der Waals surface area contributed by atoms with Crippen molar-refractivity contribution in [2.24, 2.45) is 4.99 Å². The van der Waals surface area contributed by atoms with Gasteiger partial charge in [-0.1, -0.05) is 37.3 Å².